The van der Waals surface area contributed by atoms with Crippen LogP contribution in [0.15, 0.2) is 109 Å². The van der Waals surface area contributed by atoms with Crippen molar-refractivity contribution in [3.05, 3.63) is 109 Å². The van der Waals surface area contributed by atoms with E-state index in [1.165, 1.54) is 109 Å². The molecule has 71 heavy (non-hydrogen) atoms. The van der Waals surface area contributed by atoms with Crippen molar-refractivity contribution in [3.63, 3.8) is 0 Å². The van der Waals surface area contributed by atoms with Crippen molar-refractivity contribution in [2.75, 3.05) is 40.9 Å². The highest BCUT2D eigenvalue weighted by Crippen LogP contribution is 2.43. The Kier molecular flexibility index (Phi) is 50.0. The fraction of sp³-hybridized carbons (Fsp3) is 0.694. The lowest BCUT2D eigenvalue weighted by Gasteiger charge is -2.25. The zero-order valence-electron chi connectivity index (χ0n) is 46.4. The Morgan fingerprint density at radius 2 is 0.845 bits per heavy atom. The van der Waals surface area contributed by atoms with E-state index < -0.39 is 20.0 Å². The Morgan fingerprint density at radius 1 is 0.493 bits per heavy atom. The highest BCUT2D eigenvalue weighted by atomic mass is 31.2. The molecule has 0 fully saturated rings. The number of aliphatic hydroxyl groups excluding tert-OH is 1. The molecule has 0 aliphatic rings. The van der Waals surface area contributed by atoms with Crippen LogP contribution < -0.4 is 5.32 Å². The summed E-state index contributed by atoms with van der Waals surface area (Å²) >= 11 is 0. The molecule has 0 aromatic heterocycles. The Morgan fingerprint density at radius 3 is 1.24 bits per heavy atom. The molecule has 1 amide bonds. The Hall–Kier alpha value is -2.84. The van der Waals surface area contributed by atoms with Crippen LogP contribution in [0.3, 0.4) is 0 Å². The van der Waals surface area contributed by atoms with Crippen LogP contribution in [0.25, 0.3) is 0 Å². The van der Waals surface area contributed by atoms with Gasteiger partial charge in [0.15, 0.2) is 0 Å². The Bertz CT molecular complexity index is 1520. The molecule has 0 aliphatic carbocycles. The molecule has 0 aliphatic heterocycles. The Labute approximate surface area is 438 Å². The molecule has 3 N–H and O–H groups in total. The number of unbranched alkanes of at least 4 members (excludes halogenated alkanes) is 22. The van der Waals surface area contributed by atoms with Crippen LogP contribution in [0.2, 0.25) is 0 Å². The van der Waals surface area contributed by atoms with Crippen molar-refractivity contribution in [1.29, 1.82) is 0 Å². The number of hydrogen-bond acceptors (Lipinski definition) is 5. The highest BCUT2D eigenvalue weighted by molar-refractivity contribution is 7.47. The van der Waals surface area contributed by atoms with E-state index >= 15 is 0 Å². The van der Waals surface area contributed by atoms with Gasteiger partial charge in [0.05, 0.1) is 39.9 Å². The predicted octanol–water partition coefficient (Wildman–Crippen LogP) is 17.6. The predicted molar refractivity (Wildman–Crippen MR) is 309 cm³/mol. The zero-order valence-corrected chi connectivity index (χ0v) is 47.3. The summed E-state index contributed by atoms with van der Waals surface area (Å²) in [7, 11) is 1.56. The van der Waals surface area contributed by atoms with E-state index in [4.69, 9.17) is 9.05 Å². The second-order valence-electron chi connectivity index (χ2n) is 20.3. The summed E-state index contributed by atoms with van der Waals surface area (Å²) < 4.78 is 23.7. The first kappa shape index (κ1) is 68.2. The summed E-state index contributed by atoms with van der Waals surface area (Å²) in [5.41, 5.74) is 0. The fourth-order valence-corrected chi connectivity index (χ4v) is 8.50. The molecule has 3 unspecified atom stereocenters. The standard InChI is InChI=1S/C62H109N2O6P/c1-6-8-10-12-14-16-18-20-22-23-24-25-26-27-28-29-30-31-32-33-34-35-36-37-38-39-40-41-42-44-46-48-50-52-54-56-62(66)63-60(59-70-71(67,68)69-58-57-64(3,4)5)61(65)55-53-51-49-47-45-43-21-19-17-15-13-11-9-7-2/h8,10,14,16,20,22,24-25,27-28,30-31,33-34,36-37,53,55,60-61,65H,6-7,9,11-13,15,17-19,21,23,26,29,32,35,38-52,54,56-59H2,1-5H3,(H-,63,66,67,68)/p+1/b10-8-,16-14-,22-20-,25-24-,28-27-,31-30-,34-33-,37-36-,55-53+. The van der Waals surface area contributed by atoms with E-state index in [9.17, 15) is 19.4 Å². The van der Waals surface area contributed by atoms with Gasteiger partial charge in [0.1, 0.15) is 13.2 Å². The number of carbonyl (C=O) groups is 1. The van der Waals surface area contributed by atoms with Crippen molar-refractivity contribution in [2.24, 2.45) is 0 Å². The van der Waals surface area contributed by atoms with E-state index in [-0.39, 0.29) is 19.1 Å². The normalized spacial score (nSPS) is 14.7. The number of nitrogens with one attached hydrogen (secondary N) is 1. The number of hydrogen-bond donors (Lipinski definition) is 3. The van der Waals surface area contributed by atoms with Gasteiger partial charge in [0.25, 0.3) is 0 Å². The van der Waals surface area contributed by atoms with Crippen LogP contribution in [-0.4, -0.2) is 73.4 Å². The maximum absolute atomic E-state index is 13.0. The lowest BCUT2D eigenvalue weighted by atomic mass is 10.0. The first-order valence-corrected chi connectivity index (χ1v) is 30.3. The molecular formula is C62H110N2O6P+. The van der Waals surface area contributed by atoms with Crippen LogP contribution in [-0.2, 0) is 18.4 Å². The number of aliphatic hydroxyl groups is 1. The molecule has 3 atom stereocenters. The summed E-state index contributed by atoms with van der Waals surface area (Å²) in [5.74, 6) is -0.186. The van der Waals surface area contributed by atoms with E-state index in [2.05, 4.69) is 116 Å². The smallest absolute Gasteiger partial charge is 0.387 e. The number of amides is 1. The first-order valence-electron chi connectivity index (χ1n) is 28.8. The molecule has 0 saturated carbocycles. The number of carbonyl (C=O) groups excluding carboxylic acids is 1. The van der Waals surface area contributed by atoms with Crippen LogP contribution in [0.4, 0.5) is 0 Å². The van der Waals surface area contributed by atoms with E-state index in [1.54, 1.807) is 6.08 Å². The zero-order chi connectivity index (χ0) is 52.0. The van der Waals surface area contributed by atoms with Crippen molar-refractivity contribution in [2.45, 2.75) is 238 Å². The number of nitrogens with zero attached hydrogens (tertiary/aromatic N) is 1. The lowest BCUT2D eigenvalue weighted by Crippen LogP contribution is -2.45. The number of likely N-dealkylation sites (N-methyl/N-ethyl adjacent to an activating group) is 1. The topological polar surface area (TPSA) is 105 Å². The van der Waals surface area contributed by atoms with Crippen molar-refractivity contribution >= 4 is 13.7 Å². The van der Waals surface area contributed by atoms with Gasteiger partial charge >= 0.3 is 7.82 Å². The molecule has 0 radical (unpaired) electrons. The largest absolute Gasteiger partial charge is 0.472 e. The monoisotopic (exact) mass is 1010 g/mol. The molecule has 8 nitrogen and oxygen atoms in total. The molecule has 0 aromatic carbocycles. The molecule has 0 saturated heterocycles. The number of allylic oxidation sites excluding steroid dienone is 17. The van der Waals surface area contributed by atoms with Gasteiger partial charge in [-0.2, -0.15) is 0 Å². The average Bonchev–Trinajstić information content (AvgIpc) is 3.33. The second-order valence-corrected chi connectivity index (χ2v) is 21.7. The fourth-order valence-electron chi connectivity index (χ4n) is 7.76. The van der Waals surface area contributed by atoms with Crippen molar-refractivity contribution in [1.82, 2.24) is 5.32 Å². The van der Waals surface area contributed by atoms with E-state index in [0.29, 0.717) is 17.4 Å². The van der Waals surface area contributed by atoms with E-state index in [0.717, 1.165) is 96.3 Å². The minimum atomic E-state index is -4.35. The van der Waals surface area contributed by atoms with Crippen LogP contribution >= 0.6 is 7.82 Å². The second kappa shape index (κ2) is 52.0. The van der Waals surface area contributed by atoms with Gasteiger partial charge < -0.3 is 19.8 Å². The number of rotatable bonds is 51. The van der Waals surface area contributed by atoms with Crippen LogP contribution in [0, 0.1) is 0 Å². The molecule has 0 bridgehead atoms. The number of quaternary nitrogens is 1. The molecular weight excluding hydrogens is 900 g/mol. The number of phosphoric acid groups is 1. The third-order valence-corrected chi connectivity index (χ3v) is 13.2. The maximum Gasteiger partial charge on any atom is 0.472 e. The molecule has 0 aromatic rings. The Balaban J connectivity index is 4.15. The molecule has 0 spiro atoms. The molecule has 0 heterocycles. The quantitative estimate of drug-likeness (QED) is 0.0243. The molecule has 9 heteroatoms. The van der Waals surface area contributed by atoms with Gasteiger partial charge in [-0.15, -0.1) is 0 Å². The highest BCUT2D eigenvalue weighted by Gasteiger charge is 2.27. The van der Waals surface area contributed by atoms with Crippen LogP contribution in [0.5, 0.6) is 0 Å². The number of phosphoric ester groups is 1. The lowest BCUT2D eigenvalue weighted by molar-refractivity contribution is -0.870. The van der Waals surface area contributed by atoms with Crippen molar-refractivity contribution in [3.8, 4) is 0 Å². The van der Waals surface area contributed by atoms with Crippen LogP contribution in [0.1, 0.15) is 226 Å². The van der Waals surface area contributed by atoms with Gasteiger partial charge in [-0.05, 0) is 83.5 Å². The minimum Gasteiger partial charge on any atom is -0.387 e. The van der Waals surface area contributed by atoms with Crippen molar-refractivity contribution < 1.29 is 32.9 Å². The van der Waals surface area contributed by atoms with Gasteiger partial charge in [-0.3, -0.25) is 13.8 Å². The maximum atomic E-state index is 13.0. The summed E-state index contributed by atoms with van der Waals surface area (Å²) in [6.07, 6.45) is 76.1. The summed E-state index contributed by atoms with van der Waals surface area (Å²) in [5, 5.41) is 13.9. The summed E-state index contributed by atoms with van der Waals surface area (Å²) in [6, 6.07) is -0.855. The molecule has 0 rings (SSSR count). The summed E-state index contributed by atoms with van der Waals surface area (Å²) in [4.78, 5) is 23.3. The minimum absolute atomic E-state index is 0.0560. The molecule has 408 valence electrons. The average molecular weight is 1010 g/mol. The summed E-state index contributed by atoms with van der Waals surface area (Å²) in [6.45, 7) is 4.69. The SMILES string of the molecule is CC/C=C\C/C=C\C/C=C\C/C=C\C/C=C\C/C=C\C/C=C\C/C=C\CCCCCCCCCCCCC(=O)NC(COP(=O)(O)OCC[N+](C)(C)C)C(O)/C=C/CCCCCCCCCCCCCC. The van der Waals surface area contributed by atoms with Gasteiger partial charge in [0, 0.05) is 6.42 Å². The third kappa shape index (κ3) is 54.8. The van der Waals surface area contributed by atoms with Gasteiger partial charge in [0.2, 0.25) is 5.91 Å². The van der Waals surface area contributed by atoms with Gasteiger partial charge in [-0.25, -0.2) is 4.57 Å². The third-order valence-electron chi connectivity index (χ3n) is 12.2. The first-order chi connectivity index (χ1) is 34.5. The van der Waals surface area contributed by atoms with Gasteiger partial charge in [-0.1, -0.05) is 245 Å². The van der Waals surface area contributed by atoms with E-state index in [1.807, 2.05) is 27.2 Å².